The molecule has 0 heterocycles. The number of aliphatic hydroxyl groups is 1. The fourth-order valence-electron chi connectivity index (χ4n) is 1.98. The number of esters is 1. The van der Waals surface area contributed by atoms with Gasteiger partial charge in [0.05, 0.1) is 24.0 Å². The van der Waals surface area contributed by atoms with E-state index in [0.29, 0.717) is 12.8 Å². The van der Waals surface area contributed by atoms with E-state index >= 15 is 0 Å². The van der Waals surface area contributed by atoms with Crippen LogP contribution in [0.2, 0.25) is 0 Å². The Bertz CT molecular complexity index is 501. The molecule has 0 bridgehead atoms. The number of ether oxygens (including phenoxy) is 1. The molecule has 0 aromatic heterocycles. The number of hydrogen-bond donors (Lipinski definition) is 2. The minimum Gasteiger partial charge on any atom is -0.465 e. The standard InChI is InChI=1S/C13H15F2NO3/c1-19-12(17)8-3-4-9(11(15)10(8)14)16-7-13(18)5-2-6-13/h3-4,16,18H,2,5-7H2,1H3. The molecule has 6 heteroatoms. The maximum Gasteiger partial charge on any atom is 0.340 e. The van der Waals surface area contributed by atoms with Crippen molar-refractivity contribution >= 4 is 11.7 Å². The lowest BCUT2D eigenvalue weighted by Crippen LogP contribution is -2.43. The maximum atomic E-state index is 13.7. The number of nitrogens with one attached hydrogen (secondary N) is 1. The maximum absolute atomic E-state index is 13.7. The molecule has 0 radical (unpaired) electrons. The molecule has 0 aliphatic heterocycles. The predicted octanol–water partition coefficient (Wildman–Crippen LogP) is 2.08. The van der Waals surface area contributed by atoms with Crippen LogP contribution in [0.25, 0.3) is 0 Å². The van der Waals surface area contributed by atoms with Gasteiger partial charge in [-0.1, -0.05) is 0 Å². The lowest BCUT2D eigenvalue weighted by molar-refractivity contribution is -0.0202. The normalized spacial score (nSPS) is 16.6. The number of methoxy groups -OCH3 is 1. The first-order valence-corrected chi connectivity index (χ1v) is 5.99. The van der Waals surface area contributed by atoms with Crippen molar-refractivity contribution in [1.29, 1.82) is 0 Å². The second-order valence-electron chi connectivity index (χ2n) is 4.71. The van der Waals surface area contributed by atoms with Crippen molar-refractivity contribution in [3.05, 3.63) is 29.3 Å². The molecular weight excluding hydrogens is 256 g/mol. The summed E-state index contributed by atoms with van der Waals surface area (Å²) < 4.78 is 31.7. The van der Waals surface area contributed by atoms with Crippen molar-refractivity contribution in [2.24, 2.45) is 0 Å². The van der Waals surface area contributed by atoms with Gasteiger partial charge in [0.15, 0.2) is 11.6 Å². The van der Waals surface area contributed by atoms with Crippen LogP contribution < -0.4 is 5.32 Å². The largest absolute Gasteiger partial charge is 0.465 e. The average Bonchev–Trinajstić information content (AvgIpc) is 2.37. The Morgan fingerprint density at radius 3 is 2.63 bits per heavy atom. The first-order chi connectivity index (χ1) is 8.97. The molecule has 1 aliphatic rings. The molecule has 2 N–H and O–H groups in total. The summed E-state index contributed by atoms with van der Waals surface area (Å²) >= 11 is 0. The number of carbonyl (C=O) groups is 1. The number of rotatable bonds is 4. The highest BCUT2D eigenvalue weighted by atomic mass is 19.2. The molecular formula is C13H15F2NO3. The summed E-state index contributed by atoms with van der Waals surface area (Å²) in [4.78, 5) is 11.2. The molecule has 104 valence electrons. The molecule has 2 rings (SSSR count). The monoisotopic (exact) mass is 271 g/mol. The molecule has 0 saturated heterocycles. The van der Waals surface area contributed by atoms with Gasteiger partial charge in [-0.05, 0) is 31.4 Å². The molecule has 1 saturated carbocycles. The van der Waals surface area contributed by atoms with Crippen LogP contribution in [0, 0.1) is 11.6 Å². The second-order valence-corrected chi connectivity index (χ2v) is 4.71. The molecule has 0 unspecified atom stereocenters. The molecule has 19 heavy (non-hydrogen) atoms. The van der Waals surface area contributed by atoms with Crippen molar-refractivity contribution < 1.29 is 23.4 Å². The average molecular weight is 271 g/mol. The third-order valence-corrected chi connectivity index (χ3v) is 3.38. The Hall–Kier alpha value is -1.69. The minimum atomic E-state index is -1.25. The first kappa shape index (κ1) is 13.7. The Morgan fingerprint density at radius 2 is 2.11 bits per heavy atom. The highest BCUT2D eigenvalue weighted by Gasteiger charge is 2.34. The smallest absolute Gasteiger partial charge is 0.340 e. The highest BCUT2D eigenvalue weighted by molar-refractivity contribution is 5.90. The molecule has 1 fully saturated rings. The Labute approximate surface area is 109 Å². The number of anilines is 1. The number of benzene rings is 1. The summed E-state index contributed by atoms with van der Waals surface area (Å²) in [6.07, 6.45) is 2.21. The van der Waals surface area contributed by atoms with Gasteiger partial charge in [-0.25, -0.2) is 13.6 Å². The quantitative estimate of drug-likeness (QED) is 0.823. The van der Waals surface area contributed by atoms with E-state index in [1.54, 1.807) is 0 Å². The van der Waals surface area contributed by atoms with E-state index in [1.807, 2.05) is 0 Å². The van der Waals surface area contributed by atoms with E-state index in [9.17, 15) is 18.7 Å². The minimum absolute atomic E-state index is 0.0783. The van der Waals surface area contributed by atoms with Gasteiger partial charge in [-0.15, -0.1) is 0 Å². The van der Waals surface area contributed by atoms with E-state index in [1.165, 1.54) is 6.07 Å². The zero-order chi connectivity index (χ0) is 14.0. The van der Waals surface area contributed by atoms with E-state index < -0.39 is 28.8 Å². The zero-order valence-electron chi connectivity index (χ0n) is 10.5. The Balaban J connectivity index is 2.14. The van der Waals surface area contributed by atoms with Gasteiger partial charge in [0, 0.05) is 6.54 Å². The van der Waals surface area contributed by atoms with Crippen molar-refractivity contribution in [3.63, 3.8) is 0 Å². The van der Waals surface area contributed by atoms with Crippen LogP contribution in [0.1, 0.15) is 29.6 Å². The molecule has 1 aliphatic carbocycles. The van der Waals surface area contributed by atoms with Gasteiger partial charge in [0.1, 0.15) is 0 Å². The third kappa shape index (κ3) is 2.68. The Kier molecular flexibility index (Phi) is 3.71. The number of carbonyl (C=O) groups excluding carboxylic acids is 1. The van der Waals surface area contributed by atoms with Gasteiger partial charge < -0.3 is 15.2 Å². The second kappa shape index (κ2) is 5.13. The summed E-state index contributed by atoms with van der Waals surface area (Å²) in [5.74, 6) is -3.33. The van der Waals surface area contributed by atoms with Crippen LogP contribution in [0.4, 0.5) is 14.5 Å². The van der Waals surface area contributed by atoms with E-state index in [2.05, 4.69) is 10.1 Å². The van der Waals surface area contributed by atoms with Crippen LogP contribution in [0.5, 0.6) is 0 Å². The summed E-state index contributed by atoms with van der Waals surface area (Å²) in [6, 6.07) is 2.41. The molecule has 4 nitrogen and oxygen atoms in total. The molecule has 0 atom stereocenters. The van der Waals surface area contributed by atoms with Crippen LogP contribution >= 0.6 is 0 Å². The van der Waals surface area contributed by atoms with E-state index in [-0.39, 0.29) is 12.2 Å². The van der Waals surface area contributed by atoms with Gasteiger partial charge in [0.2, 0.25) is 0 Å². The topological polar surface area (TPSA) is 58.6 Å². The fraction of sp³-hybridized carbons (Fsp3) is 0.462. The third-order valence-electron chi connectivity index (χ3n) is 3.38. The van der Waals surface area contributed by atoms with Crippen molar-refractivity contribution in [3.8, 4) is 0 Å². The summed E-state index contributed by atoms with van der Waals surface area (Å²) in [6.45, 7) is 0.154. The Morgan fingerprint density at radius 1 is 1.42 bits per heavy atom. The molecule has 0 amide bonds. The summed E-state index contributed by atoms with van der Waals surface area (Å²) in [5.41, 5.74) is -1.37. The summed E-state index contributed by atoms with van der Waals surface area (Å²) in [5, 5.41) is 12.5. The van der Waals surface area contributed by atoms with Gasteiger partial charge >= 0.3 is 5.97 Å². The van der Waals surface area contributed by atoms with E-state index in [4.69, 9.17) is 0 Å². The molecule has 0 spiro atoms. The lowest BCUT2D eigenvalue weighted by Gasteiger charge is -2.36. The fourth-order valence-corrected chi connectivity index (χ4v) is 1.98. The predicted molar refractivity (Wildman–Crippen MR) is 65.0 cm³/mol. The SMILES string of the molecule is COC(=O)c1ccc(NCC2(O)CCC2)c(F)c1F. The van der Waals surface area contributed by atoms with Crippen molar-refractivity contribution in [2.75, 3.05) is 19.0 Å². The highest BCUT2D eigenvalue weighted by Crippen LogP contribution is 2.32. The van der Waals surface area contributed by atoms with Gasteiger partial charge in [-0.2, -0.15) is 0 Å². The van der Waals surface area contributed by atoms with Crippen LogP contribution in [-0.4, -0.2) is 30.3 Å². The first-order valence-electron chi connectivity index (χ1n) is 5.99. The molecule has 1 aromatic carbocycles. The van der Waals surface area contributed by atoms with Crippen molar-refractivity contribution in [1.82, 2.24) is 0 Å². The van der Waals surface area contributed by atoms with Gasteiger partial charge in [0.25, 0.3) is 0 Å². The van der Waals surface area contributed by atoms with Gasteiger partial charge in [-0.3, -0.25) is 0 Å². The van der Waals surface area contributed by atoms with E-state index in [0.717, 1.165) is 19.6 Å². The lowest BCUT2D eigenvalue weighted by atomic mass is 9.80. The van der Waals surface area contributed by atoms with Crippen LogP contribution in [0.3, 0.4) is 0 Å². The number of hydrogen-bond acceptors (Lipinski definition) is 4. The number of halogens is 2. The molecule has 1 aromatic rings. The van der Waals surface area contributed by atoms with Crippen LogP contribution in [0.15, 0.2) is 12.1 Å². The van der Waals surface area contributed by atoms with Crippen LogP contribution in [-0.2, 0) is 4.74 Å². The zero-order valence-corrected chi connectivity index (χ0v) is 10.5. The summed E-state index contributed by atoms with van der Waals surface area (Å²) in [7, 11) is 1.10. The van der Waals surface area contributed by atoms with Crippen molar-refractivity contribution in [2.45, 2.75) is 24.9 Å².